The van der Waals surface area contributed by atoms with Crippen LogP contribution in [0.4, 0.5) is 9.18 Å². The number of aryl methyl sites for hydroxylation is 1. The monoisotopic (exact) mass is 521 g/mol. The first-order valence-electron chi connectivity index (χ1n) is 13.9. The molecule has 0 spiro atoms. The van der Waals surface area contributed by atoms with Crippen molar-refractivity contribution in [3.8, 4) is 0 Å². The third-order valence-corrected chi connectivity index (χ3v) is 7.74. The minimum absolute atomic E-state index is 0.249. The van der Waals surface area contributed by atoms with E-state index < -0.39 is 5.60 Å². The zero-order valence-corrected chi connectivity index (χ0v) is 23.1. The summed E-state index contributed by atoms with van der Waals surface area (Å²) in [5.41, 5.74) is 3.76. The Bertz CT molecular complexity index is 1270. The molecule has 1 amide bonds. The van der Waals surface area contributed by atoms with Gasteiger partial charge in [0, 0.05) is 36.6 Å². The SMILES string of the molecule is Cc1cc(CCOCC2(c3ccc(F)cc3)CCN(C(=O)OC(C)(C)C)CC2)c2nn(CC3CC3)cc2c1. The van der Waals surface area contributed by atoms with Crippen LogP contribution in [-0.2, 0) is 27.9 Å². The highest BCUT2D eigenvalue weighted by Crippen LogP contribution is 2.37. The second-order valence-electron chi connectivity index (χ2n) is 12.2. The number of aromatic nitrogens is 2. The molecule has 0 N–H and O–H groups in total. The summed E-state index contributed by atoms with van der Waals surface area (Å²) in [5, 5.41) is 6.09. The summed E-state index contributed by atoms with van der Waals surface area (Å²) in [4.78, 5) is 14.4. The van der Waals surface area contributed by atoms with Crippen LogP contribution in [0.15, 0.2) is 42.6 Å². The van der Waals surface area contributed by atoms with Gasteiger partial charge in [0.1, 0.15) is 11.4 Å². The Balaban J connectivity index is 1.25. The zero-order chi connectivity index (χ0) is 26.9. The lowest BCUT2D eigenvalue weighted by atomic mass is 9.73. The molecule has 0 radical (unpaired) electrons. The van der Waals surface area contributed by atoms with Crippen LogP contribution in [0.25, 0.3) is 10.9 Å². The average Bonchev–Trinajstić information content (AvgIpc) is 3.58. The molecular formula is C31H40FN3O3. The highest BCUT2D eigenvalue weighted by molar-refractivity contribution is 5.82. The molecule has 1 aliphatic carbocycles. The molecule has 1 saturated carbocycles. The van der Waals surface area contributed by atoms with E-state index >= 15 is 0 Å². The molecule has 2 heterocycles. The van der Waals surface area contributed by atoms with Gasteiger partial charge in [0.15, 0.2) is 0 Å². The van der Waals surface area contributed by atoms with Crippen molar-refractivity contribution in [3.05, 3.63) is 65.1 Å². The predicted molar refractivity (Wildman–Crippen MR) is 147 cm³/mol. The molecule has 38 heavy (non-hydrogen) atoms. The van der Waals surface area contributed by atoms with Gasteiger partial charge in [-0.3, -0.25) is 4.68 Å². The normalized spacial score (nSPS) is 17.7. The van der Waals surface area contributed by atoms with Gasteiger partial charge in [0.25, 0.3) is 0 Å². The largest absolute Gasteiger partial charge is 0.444 e. The second kappa shape index (κ2) is 10.7. The lowest BCUT2D eigenvalue weighted by Crippen LogP contribution is -2.48. The molecule has 1 aliphatic heterocycles. The summed E-state index contributed by atoms with van der Waals surface area (Å²) >= 11 is 0. The van der Waals surface area contributed by atoms with E-state index in [-0.39, 0.29) is 17.3 Å². The van der Waals surface area contributed by atoms with Crippen molar-refractivity contribution >= 4 is 17.0 Å². The van der Waals surface area contributed by atoms with Crippen molar-refractivity contribution in [1.82, 2.24) is 14.7 Å². The third-order valence-electron chi connectivity index (χ3n) is 7.74. The fraction of sp³-hybridized carbons (Fsp3) is 0.548. The minimum Gasteiger partial charge on any atom is -0.444 e. The Morgan fingerprint density at radius 3 is 2.50 bits per heavy atom. The van der Waals surface area contributed by atoms with Gasteiger partial charge in [-0.2, -0.15) is 5.10 Å². The van der Waals surface area contributed by atoms with Crippen LogP contribution in [-0.4, -0.2) is 52.7 Å². The Hall–Kier alpha value is -2.93. The summed E-state index contributed by atoms with van der Waals surface area (Å²) in [7, 11) is 0. The van der Waals surface area contributed by atoms with Crippen LogP contribution in [0.1, 0.15) is 63.1 Å². The van der Waals surface area contributed by atoms with Gasteiger partial charge in [-0.05, 0) is 95.0 Å². The highest BCUT2D eigenvalue weighted by Gasteiger charge is 2.39. The van der Waals surface area contributed by atoms with E-state index in [0.29, 0.717) is 26.3 Å². The fourth-order valence-corrected chi connectivity index (χ4v) is 5.48. The summed E-state index contributed by atoms with van der Waals surface area (Å²) in [6.45, 7) is 11.0. The molecule has 1 aromatic heterocycles. The molecule has 2 aromatic carbocycles. The van der Waals surface area contributed by atoms with E-state index in [0.717, 1.165) is 42.8 Å². The Labute approximate surface area is 225 Å². The number of ether oxygens (including phenoxy) is 2. The first-order valence-corrected chi connectivity index (χ1v) is 13.9. The van der Waals surface area contributed by atoms with Crippen LogP contribution in [0, 0.1) is 18.7 Å². The highest BCUT2D eigenvalue weighted by atomic mass is 19.1. The van der Waals surface area contributed by atoms with Gasteiger partial charge in [0.05, 0.1) is 18.7 Å². The molecule has 0 unspecified atom stereocenters. The Morgan fingerprint density at radius 1 is 1.13 bits per heavy atom. The van der Waals surface area contributed by atoms with Crippen molar-refractivity contribution in [2.75, 3.05) is 26.3 Å². The zero-order valence-electron chi connectivity index (χ0n) is 23.1. The number of likely N-dealkylation sites (tertiary alicyclic amines) is 1. The van der Waals surface area contributed by atoms with Crippen molar-refractivity contribution < 1.29 is 18.7 Å². The van der Waals surface area contributed by atoms with Gasteiger partial charge in [-0.1, -0.05) is 23.8 Å². The maximum Gasteiger partial charge on any atom is 0.410 e. The van der Waals surface area contributed by atoms with E-state index in [9.17, 15) is 9.18 Å². The fourth-order valence-electron chi connectivity index (χ4n) is 5.48. The van der Waals surface area contributed by atoms with Crippen LogP contribution < -0.4 is 0 Å². The van der Waals surface area contributed by atoms with E-state index in [1.54, 1.807) is 4.90 Å². The molecule has 0 atom stereocenters. The number of hydrogen-bond donors (Lipinski definition) is 0. The molecule has 7 heteroatoms. The van der Waals surface area contributed by atoms with Crippen molar-refractivity contribution in [2.45, 2.75) is 77.4 Å². The standard InChI is InChI=1S/C31H40FN3O3/c1-22-17-24(28-25(18-22)20-35(33-28)19-23-5-6-23)11-16-37-21-31(26-7-9-27(32)10-8-26)12-14-34(15-13-31)29(36)38-30(2,3)4/h7-10,17-18,20,23H,5-6,11-16,19,21H2,1-4H3. The van der Waals surface area contributed by atoms with Crippen LogP contribution in [0.5, 0.6) is 0 Å². The van der Waals surface area contributed by atoms with Crippen molar-refractivity contribution in [2.24, 2.45) is 5.92 Å². The first-order chi connectivity index (χ1) is 18.1. The molecule has 5 rings (SSSR count). The third kappa shape index (κ3) is 6.37. The lowest BCUT2D eigenvalue weighted by Gasteiger charge is -2.42. The quantitative estimate of drug-likeness (QED) is 0.321. The lowest BCUT2D eigenvalue weighted by molar-refractivity contribution is 0.00566. The number of halogens is 1. The van der Waals surface area contributed by atoms with Crippen LogP contribution in [0.2, 0.25) is 0 Å². The number of fused-ring (bicyclic) bond motifs is 1. The van der Waals surface area contributed by atoms with E-state index in [2.05, 4.69) is 29.9 Å². The summed E-state index contributed by atoms with van der Waals surface area (Å²) in [6.07, 6.45) is 6.75. The molecular weight excluding hydrogens is 481 g/mol. The number of carbonyl (C=O) groups excluding carboxylic acids is 1. The van der Waals surface area contributed by atoms with Gasteiger partial charge < -0.3 is 14.4 Å². The topological polar surface area (TPSA) is 56.6 Å². The number of piperidine rings is 1. The molecule has 1 saturated heterocycles. The predicted octanol–water partition coefficient (Wildman–Crippen LogP) is 6.42. The average molecular weight is 522 g/mol. The Morgan fingerprint density at radius 2 is 1.84 bits per heavy atom. The van der Waals surface area contributed by atoms with Crippen LogP contribution in [0.3, 0.4) is 0 Å². The van der Waals surface area contributed by atoms with Crippen molar-refractivity contribution in [3.63, 3.8) is 0 Å². The molecule has 6 nitrogen and oxygen atoms in total. The second-order valence-corrected chi connectivity index (χ2v) is 12.2. The van der Waals surface area contributed by atoms with Gasteiger partial charge in [-0.15, -0.1) is 0 Å². The number of benzene rings is 2. The number of hydrogen-bond acceptors (Lipinski definition) is 4. The Kier molecular flexibility index (Phi) is 7.49. The minimum atomic E-state index is -0.527. The first kappa shape index (κ1) is 26.7. The molecule has 2 fully saturated rings. The molecule has 3 aromatic rings. The van der Waals surface area contributed by atoms with Gasteiger partial charge in [0.2, 0.25) is 0 Å². The van der Waals surface area contributed by atoms with Gasteiger partial charge >= 0.3 is 6.09 Å². The summed E-state index contributed by atoms with van der Waals surface area (Å²) < 4.78 is 27.8. The van der Waals surface area contributed by atoms with Crippen LogP contribution >= 0.6 is 0 Å². The molecule has 2 aliphatic rings. The van der Waals surface area contributed by atoms with Crippen molar-refractivity contribution in [1.29, 1.82) is 0 Å². The van der Waals surface area contributed by atoms with E-state index in [4.69, 9.17) is 14.6 Å². The summed E-state index contributed by atoms with van der Waals surface area (Å²) in [6, 6.07) is 11.2. The number of amides is 1. The smallest absolute Gasteiger partial charge is 0.410 e. The number of rotatable bonds is 8. The number of carbonyl (C=O) groups is 1. The molecule has 0 bridgehead atoms. The molecule has 204 valence electrons. The number of nitrogens with zero attached hydrogens (tertiary/aromatic N) is 3. The maximum absolute atomic E-state index is 13.7. The maximum atomic E-state index is 13.7. The van der Waals surface area contributed by atoms with E-state index in [1.165, 1.54) is 41.5 Å². The summed E-state index contributed by atoms with van der Waals surface area (Å²) in [5.74, 6) is 0.530. The van der Waals surface area contributed by atoms with Gasteiger partial charge in [-0.25, -0.2) is 9.18 Å². The van der Waals surface area contributed by atoms with E-state index in [1.807, 2.05) is 32.9 Å².